The fourth-order valence-electron chi connectivity index (χ4n) is 11.3. The summed E-state index contributed by atoms with van der Waals surface area (Å²) in [6.07, 6.45) is 3.98. The number of hydrogen-bond acceptors (Lipinski definition) is 3. The number of rotatable bonds is 8. The van der Waals surface area contributed by atoms with Crippen molar-refractivity contribution in [3.63, 3.8) is 0 Å². The Morgan fingerprint density at radius 1 is 0.230 bits per heavy atom. The molecule has 0 amide bonds. The molecule has 0 bridgehead atoms. The van der Waals surface area contributed by atoms with E-state index in [2.05, 4.69) is 267 Å². The molecular weight excluding hydrogens is 903 g/mol. The molecule has 5 aromatic heterocycles. The predicted molar refractivity (Wildman–Crippen MR) is 304 cm³/mol. The van der Waals surface area contributed by atoms with Gasteiger partial charge in [0.2, 0.25) is 0 Å². The first-order valence-electron chi connectivity index (χ1n) is 25.0. The normalized spacial score (nSPS) is 11.8. The zero-order valence-corrected chi connectivity index (χ0v) is 40.0. The number of pyridine rings is 1. The van der Waals surface area contributed by atoms with Gasteiger partial charge in [-0.2, -0.15) is 0 Å². The van der Waals surface area contributed by atoms with E-state index in [1.54, 1.807) is 0 Å². The molecule has 5 heterocycles. The highest BCUT2D eigenvalue weighted by molar-refractivity contribution is 6.11. The molecule has 0 N–H and O–H groups in total. The molecule has 74 heavy (non-hydrogen) atoms. The summed E-state index contributed by atoms with van der Waals surface area (Å²) in [6, 6.07) is 88.7. The second-order valence-corrected chi connectivity index (χ2v) is 18.9. The maximum absolute atomic E-state index is 5.39. The van der Waals surface area contributed by atoms with Gasteiger partial charge in [-0.25, -0.2) is 9.97 Å². The van der Waals surface area contributed by atoms with Gasteiger partial charge in [0, 0.05) is 78.9 Å². The van der Waals surface area contributed by atoms with E-state index >= 15 is 0 Å². The number of aromatic nitrogens is 7. The van der Waals surface area contributed by atoms with Gasteiger partial charge < -0.3 is 9.13 Å². The fraction of sp³-hybridized carbons (Fsp3) is 0. The third-order valence-electron chi connectivity index (χ3n) is 14.6. The van der Waals surface area contributed by atoms with E-state index in [4.69, 9.17) is 15.0 Å². The van der Waals surface area contributed by atoms with Gasteiger partial charge in [-0.3, -0.25) is 14.1 Å². The van der Waals surface area contributed by atoms with Crippen molar-refractivity contribution in [3.8, 4) is 67.8 Å². The lowest BCUT2D eigenvalue weighted by atomic mass is 9.97. The Hall–Kier alpha value is -10.1. The molecule has 0 saturated heterocycles. The molecule has 0 fully saturated rings. The average Bonchev–Trinajstić information content (AvgIpc) is 4.24. The van der Waals surface area contributed by atoms with Crippen LogP contribution in [0.3, 0.4) is 0 Å². The van der Waals surface area contributed by atoms with E-state index in [1.807, 2.05) is 12.4 Å². The second-order valence-electron chi connectivity index (χ2n) is 18.9. The van der Waals surface area contributed by atoms with Gasteiger partial charge in [-0.15, -0.1) is 0 Å². The van der Waals surface area contributed by atoms with Crippen LogP contribution in [0.4, 0.5) is 0 Å². The van der Waals surface area contributed by atoms with Gasteiger partial charge in [0.05, 0.1) is 44.1 Å². The molecule has 15 rings (SSSR count). The Balaban J connectivity index is 0.982. The van der Waals surface area contributed by atoms with Crippen molar-refractivity contribution in [2.75, 3.05) is 0 Å². The van der Waals surface area contributed by atoms with E-state index in [1.165, 1.54) is 21.5 Å². The van der Waals surface area contributed by atoms with Gasteiger partial charge in [0.1, 0.15) is 11.6 Å². The monoisotopic (exact) mass is 945 g/mol. The molecule has 10 aromatic carbocycles. The van der Waals surface area contributed by atoms with Gasteiger partial charge in [-0.1, -0.05) is 133 Å². The van der Waals surface area contributed by atoms with E-state index in [-0.39, 0.29) is 0 Å². The number of para-hydroxylation sites is 10. The number of nitrogens with zero attached hydrogens (tertiary/aromatic N) is 7. The summed E-state index contributed by atoms with van der Waals surface area (Å²) in [5.41, 5.74) is 18.6. The van der Waals surface area contributed by atoms with Crippen molar-refractivity contribution in [1.29, 1.82) is 0 Å². The molecule has 15 aromatic rings. The zero-order valence-electron chi connectivity index (χ0n) is 40.0. The molecule has 0 aliphatic carbocycles. The molecule has 0 aliphatic heterocycles. The Kier molecular flexibility index (Phi) is 9.43. The largest absolute Gasteiger partial charge is 0.309 e. The van der Waals surface area contributed by atoms with Crippen LogP contribution in [0.2, 0.25) is 0 Å². The minimum atomic E-state index is 0.835. The molecule has 0 unspecified atom stereocenters. The van der Waals surface area contributed by atoms with E-state index in [9.17, 15) is 0 Å². The standard InChI is InChI=1S/C67H43N7/c1-3-19-50(20-4-1)73-64-33-17-11-27-58(64)69-66(73)46-35-44(36-47(37-46)67-70-59-28-12-18-34-65(59)74(67)51-21-5-2-6-22-51)48-38-49(43-68-42-48)45-39-52(71-60-29-13-7-23-54(60)55-24-8-14-30-61(55)71)41-53(40-45)72-62-31-15-9-25-56(62)57-26-10-16-32-63(57)72/h1-43H. The van der Waals surface area contributed by atoms with Crippen LogP contribution in [0.25, 0.3) is 133 Å². The highest BCUT2D eigenvalue weighted by Crippen LogP contribution is 2.41. The van der Waals surface area contributed by atoms with Crippen LogP contribution in [0.15, 0.2) is 261 Å². The lowest BCUT2D eigenvalue weighted by Crippen LogP contribution is -2.01. The minimum absolute atomic E-state index is 0.835. The number of hydrogen-bond donors (Lipinski definition) is 0. The summed E-state index contributed by atoms with van der Waals surface area (Å²) in [5.74, 6) is 1.67. The average molecular weight is 946 g/mol. The third-order valence-corrected chi connectivity index (χ3v) is 14.6. The number of imidazole rings is 2. The molecule has 0 atom stereocenters. The SMILES string of the molecule is c1ccc(-n2c(-c3cc(-c4cncc(-c5cc(-n6c7ccccc7c7ccccc76)cc(-n6c7ccccc7c7ccccc76)c5)c4)cc(-c4nc5ccccc5n4-c4ccccc4)c3)nc3ccccc32)cc1. The van der Waals surface area contributed by atoms with Gasteiger partial charge in [0.25, 0.3) is 0 Å². The summed E-state index contributed by atoms with van der Waals surface area (Å²) in [4.78, 5) is 15.8. The first-order valence-corrected chi connectivity index (χ1v) is 25.0. The molecule has 0 saturated carbocycles. The van der Waals surface area contributed by atoms with Crippen LogP contribution in [0.5, 0.6) is 0 Å². The van der Waals surface area contributed by atoms with Gasteiger partial charge >= 0.3 is 0 Å². The quantitative estimate of drug-likeness (QED) is 0.152. The van der Waals surface area contributed by atoms with Gasteiger partial charge in [-0.05, 0) is 126 Å². The third kappa shape index (κ3) is 6.64. The van der Waals surface area contributed by atoms with Crippen LogP contribution in [-0.2, 0) is 0 Å². The zero-order chi connectivity index (χ0) is 48.7. The van der Waals surface area contributed by atoms with E-state index in [0.29, 0.717) is 0 Å². The summed E-state index contributed by atoms with van der Waals surface area (Å²) < 4.78 is 9.36. The molecule has 7 nitrogen and oxygen atoms in total. The molecule has 0 spiro atoms. The summed E-state index contributed by atoms with van der Waals surface area (Å²) in [5, 5.41) is 4.86. The van der Waals surface area contributed by atoms with Crippen molar-refractivity contribution in [2.24, 2.45) is 0 Å². The van der Waals surface area contributed by atoms with Crippen molar-refractivity contribution >= 4 is 65.7 Å². The molecule has 0 radical (unpaired) electrons. The van der Waals surface area contributed by atoms with Crippen LogP contribution < -0.4 is 0 Å². The van der Waals surface area contributed by atoms with Crippen molar-refractivity contribution < 1.29 is 0 Å². The maximum atomic E-state index is 5.39. The topological polar surface area (TPSA) is 58.4 Å². The molecule has 0 aliphatic rings. The molecule has 7 heteroatoms. The van der Waals surface area contributed by atoms with Crippen molar-refractivity contribution in [3.05, 3.63) is 261 Å². The smallest absolute Gasteiger partial charge is 0.145 e. The second kappa shape index (κ2) is 16.8. The fourth-order valence-corrected chi connectivity index (χ4v) is 11.3. The summed E-state index contributed by atoms with van der Waals surface area (Å²) in [7, 11) is 0. The predicted octanol–water partition coefficient (Wildman–Crippen LogP) is 16.6. The maximum Gasteiger partial charge on any atom is 0.145 e. The van der Waals surface area contributed by atoms with Crippen molar-refractivity contribution in [1.82, 2.24) is 33.2 Å². The van der Waals surface area contributed by atoms with Crippen molar-refractivity contribution in [2.45, 2.75) is 0 Å². The summed E-state index contributed by atoms with van der Waals surface area (Å²) in [6.45, 7) is 0. The lowest BCUT2D eigenvalue weighted by molar-refractivity contribution is 1.09. The highest BCUT2D eigenvalue weighted by Gasteiger charge is 2.22. The van der Waals surface area contributed by atoms with E-state index < -0.39 is 0 Å². The Morgan fingerprint density at radius 2 is 0.554 bits per heavy atom. The Morgan fingerprint density at radius 3 is 0.973 bits per heavy atom. The van der Waals surface area contributed by atoms with Crippen LogP contribution in [-0.4, -0.2) is 33.2 Å². The highest BCUT2D eigenvalue weighted by atomic mass is 15.1. The Bertz CT molecular complexity index is 4300. The Labute approximate surface area is 425 Å². The molecular formula is C67H43N7. The summed E-state index contributed by atoms with van der Waals surface area (Å²) >= 11 is 0. The number of benzene rings is 10. The van der Waals surface area contributed by atoms with Crippen LogP contribution >= 0.6 is 0 Å². The van der Waals surface area contributed by atoms with Gasteiger partial charge in [0.15, 0.2) is 0 Å². The first kappa shape index (κ1) is 41.7. The number of fused-ring (bicyclic) bond motifs is 8. The first-order chi connectivity index (χ1) is 36.7. The lowest BCUT2D eigenvalue weighted by Gasteiger charge is -2.17. The van der Waals surface area contributed by atoms with Crippen LogP contribution in [0, 0.1) is 0 Å². The molecule has 346 valence electrons. The minimum Gasteiger partial charge on any atom is -0.309 e. The van der Waals surface area contributed by atoms with Crippen LogP contribution in [0.1, 0.15) is 0 Å². The van der Waals surface area contributed by atoms with E-state index in [0.717, 1.165) is 112 Å².